The van der Waals surface area contributed by atoms with Crippen molar-refractivity contribution in [2.45, 2.75) is 103 Å². The minimum atomic E-state index is -3.48. The minimum absolute atomic E-state index is 0.149. The first-order valence-electron chi connectivity index (χ1n) is 22.6. The van der Waals surface area contributed by atoms with Crippen molar-refractivity contribution in [2.75, 3.05) is 50.6 Å². The van der Waals surface area contributed by atoms with Gasteiger partial charge in [-0.25, -0.2) is 40.1 Å². The third-order valence-electron chi connectivity index (χ3n) is 10.6. The van der Waals surface area contributed by atoms with Crippen LogP contribution in [0.15, 0.2) is 86.0 Å². The summed E-state index contributed by atoms with van der Waals surface area (Å²) in [5.41, 5.74) is 14.0. The van der Waals surface area contributed by atoms with Gasteiger partial charge in [-0.1, -0.05) is 36.4 Å². The number of nitrogens with zero attached hydrogens (tertiary/aromatic N) is 8. The number of para-hydroxylation sites is 2. The third-order valence-corrected chi connectivity index (χ3v) is 14.2. The largest absolute Gasteiger partial charge is 0.431 e. The van der Waals surface area contributed by atoms with Crippen molar-refractivity contribution in [1.29, 1.82) is 0 Å². The number of hydrogen-bond acceptors (Lipinski definition) is 18. The van der Waals surface area contributed by atoms with E-state index in [9.17, 15) is 9.13 Å². The molecule has 0 amide bonds. The molecule has 2 saturated heterocycles. The van der Waals surface area contributed by atoms with Crippen LogP contribution in [-0.2, 0) is 50.6 Å². The molecule has 4 aromatic heterocycles. The predicted octanol–water partition coefficient (Wildman–Crippen LogP) is 6.35. The quantitative estimate of drug-likeness (QED) is 0.0607. The number of fused-ring (bicyclic) bond motifs is 2. The molecular weight excluding hydrogens is 919 g/mol. The maximum atomic E-state index is 13.9. The van der Waals surface area contributed by atoms with Gasteiger partial charge < -0.3 is 58.1 Å². The average molecular weight is 981 g/mol. The standard InChI is InChI=1S/2C22H31N6O5P/c2*1-16(12-28-14-26-19-20(23)24-13-25-21(19)28)32-15-34(29,33-18-8-4-3-5-9-18)27-17(2)22-30-10-6-7-11-31-22/h2*3-5,8-9,13-14,16-17,22H,6-7,10-12,15H2,1-2H3,(H,27,29)(H2,23,24,25)/t16-,17+,34+;16-,17+,34-/m11/s1. The van der Waals surface area contributed by atoms with Crippen LogP contribution in [0.25, 0.3) is 22.3 Å². The maximum Gasteiger partial charge on any atom is 0.342 e. The van der Waals surface area contributed by atoms with Crippen LogP contribution in [0, 0.1) is 0 Å². The summed E-state index contributed by atoms with van der Waals surface area (Å²) in [6.07, 6.45) is 7.82. The van der Waals surface area contributed by atoms with Crippen LogP contribution in [0.5, 0.6) is 11.5 Å². The van der Waals surface area contributed by atoms with Crippen LogP contribution in [-0.4, -0.2) is 115 Å². The topological polar surface area (TPSA) is 271 Å². The second-order valence-electron chi connectivity index (χ2n) is 16.5. The molecule has 2 aliphatic heterocycles. The number of benzene rings is 2. The van der Waals surface area contributed by atoms with Gasteiger partial charge in [0.2, 0.25) is 0 Å². The Bertz CT molecular complexity index is 2390. The van der Waals surface area contributed by atoms with E-state index in [2.05, 4.69) is 40.1 Å². The van der Waals surface area contributed by atoms with Gasteiger partial charge in [0.15, 0.2) is 35.5 Å². The van der Waals surface area contributed by atoms with Crippen molar-refractivity contribution in [3.8, 4) is 11.5 Å². The lowest BCUT2D eigenvalue weighted by Crippen LogP contribution is -2.40. The maximum absolute atomic E-state index is 13.9. The number of rotatable bonds is 20. The van der Waals surface area contributed by atoms with Gasteiger partial charge in [-0.15, -0.1) is 0 Å². The van der Waals surface area contributed by atoms with Crippen LogP contribution in [0.2, 0.25) is 0 Å². The Labute approximate surface area is 395 Å². The number of nitrogen functional groups attached to an aromatic ring is 2. The highest BCUT2D eigenvalue weighted by molar-refractivity contribution is 7.57. The van der Waals surface area contributed by atoms with E-state index in [1.807, 2.05) is 73.2 Å². The van der Waals surface area contributed by atoms with Crippen molar-refractivity contribution in [3.05, 3.63) is 86.0 Å². The first-order chi connectivity index (χ1) is 32.9. The zero-order valence-corrected chi connectivity index (χ0v) is 40.5. The second kappa shape index (κ2) is 24.4. The highest BCUT2D eigenvalue weighted by Gasteiger charge is 2.34. The van der Waals surface area contributed by atoms with Gasteiger partial charge in [0, 0.05) is 26.4 Å². The SMILES string of the molecule is C[C@H](Cn1cnc2c(N)ncnc21)OC[P@@](=O)(N[C@@H](C)C1OCCCCO1)Oc1ccccc1.C[C@H](Cn1cnc2c(N)ncnc21)OC[P@](=O)(N[C@@H](C)C1OCCCCO1)Oc1ccccc1. The summed E-state index contributed by atoms with van der Waals surface area (Å²) < 4.78 is 78.3. The van der Waals surface area contributed by atoms with Gasteiger partial charge in [-0.05, 0) is 77.6 Å². The van der Waals surface area contributed by atoms with Crippen molar-refractivity contribution < 1.29 is 46.6 Å². The normalized spacial score (nSPS) is 18.8. The van der Waals surface area contributed by atoms with E-state index in [0.29, 0.717) is 85.0 Å². The number of ether oxygens (including phenoxy) is 6. The van der Waals surface area contributed by atoms with Gasteiger partial charge in [0.25, 0.3) is 0 Å². The monoisotopic (exact) mass is 980 g/mol. The Kier molecular flexibility index (Phi) is 18.2. The molecule has 0 radical (unpaired) electrons. The summed E-state index contributed by atoms with van der Waals surface area (Å²) in [6.45, 7) is 10.7. The van der Waals surface area contributed by atoms with Crippen LogP contribution < -0.4 is 30.7 Å². The number of hydrogen-bond donors (Lipinski definition) is 4. The van der Waals surface area contributed by atoms with Crippen LogP contribution >= 0.6 is 15.0 Å². The molecule has 2 aromatic carbocycles. The van der Waals surface area contributed by atoms with Gasteiger partial charge in [0.05, 0.1) is 50.0 Å². The van der Waals surface area contributed by atoms with Crippen LogP contribution in [0.3, 0.4) is 0 Å². The Hall–Kier alpha value is -5.12. The summed E-state index contributed by atoms with van der Waals surface area (Å²) in [4.78, 5) is 25.0. The molecule has 6 N–H and O–H groups in total. The molecule has 68 heavy (non-hydrogen) atoms. The molecule has 0 spiro atoms. The van der Waals surface area contributed by atoms with Crippen molar-refractivity contribution in [3.63, 3.8) is 0 Å². The van der Waals surface area contributed by atoms with E-state index in [4.69, 9.17) is 48.9 Å². The van der Waals surface area contributed by atoms with Crippen molar-refractivity contribution in [2.24, 2.45) is 0 Å². The lowest BCUT2D eigenvalue weighted by atomic mass is 10.3. The van der Waals surface area contributed by atoms with E-state index in [1.54, 1.807) is 36.9 Å². The lowest BCUT2D eigenvalue weighted by Gasteiger charge is -2.29. The zero-order valence-electron chi connectivity index (χ0n) is 38.7. The Morgan fingerprint density at radius 2 is 0.956 bits per heavy atom. The van der Waals surface area contributed by atoms with Gasteiger partial charge in [0.1, 0.15) is 47.9 Å². The zero-order chi connectivity index (χ0) is 47.9. The highest BCUT2D eigenvalue weighted by Crippen LogP contribution is 2.45. The number of aromatic nitrogens is 8. The number of nitrogens with one attached hydrogen (secondary N) is 2. The second-order valence-corrected chi connectivity index (χ2v) is 20.6. The Balaban J connectivity index is 0.000000201. The van der Waals surface area contributed by atoms with Crippen LogP contribution in [0.1, 0.15) is 53.4 Å². The molecule has 2 aliphatic rings. The molecule has 22 nitrogen and oxygen atoms in total. The molecule has 6 heterocycles. The van der Waals surface area contributed by atoms with Gasteiger partial charge in [-0.3, -0.25) is 9.13 Å². The Morgan fingerprint density at radius 3 is 1.32 bits per heavy atom. The molecular formula is C44H62N12O10P2. The molecule has 0 bridgehead atoms. The summed E-state index contributed by atoms with van der Waals surface area (Å²) in [5.74, 6) is 1.60. The smallest absolute Gasteiger partial charge is 0.342 e. The molecule has 24 heteroatoms. The van der Waals surface area contributed by atoms with Crippen LogP contribution in [0.4, 0.5) is 11.6 Å². The predicted molar refractivity (Wildman–Crippen MR) is 255 cm³/mol. The molecule has 6 atom stereocenters. The minimum Gasteiger partial charge on any atom is -0.431 e. The van der Waals surface area contributed by atoms with E-state index in [-0.39, 0.29) is 37.0 Å². The first-order valence-corrected chi connectivity index (χ1v) is 26.2. The van der Waals surface area contributed by atoms with Crippen molar-refractivity contribution >= 4 is 49.0 Å². The molecule has 0 saturated carbocycles. The fourth-order valence-electron chi connectivity index (χ4n) is 7.28. The third kappa shape index (κ3) is 14.5. The molecule has 2 fully saturated rings. The molecule has 0 unspecified atom stereocenters. The van der Waals surface area contributed by atoms with Crippen molar-refractivity contribution in [1.82, 2.24) is 49.2 Å². The molecule has 8 rings (SSSR count). The molecule has 6 aromatic rings. The van der Waals surface area contributed by atoms with E-state index in [1.165, 1.54) is 12.7 Å². The van der Waals surface area contributed by atoms with E-state index >= 15 is 0 Å². The highest BCUT2D eigenvalue weighted by atomic mass is 31.2. The number of nitrogens with two attached hydrogens (primary N) is 2. The summed E-state index contributed by atoms with van der Waals surface area (Å²) in [6, 6.07) is 17.3. The number of anilines is 2. The summed E-state index contributed by atoms with van der Waals surface area (Å²) in [7, 11) is -6.96. The fraction of sp³-hybridized carbons (Fsp3) is 0.500. The van der Waals surface area contributed by atoms with E-state index in [0.717, 1.165) is 25.7 Å². The average Bonchev–Trinajstić information content (AvgIpc) is 3.66. The summed E-state index contributed by atoms with van der Waals surface area (Å²) >= 11 is 0. The fourth-order valence-corrected chi connectivity index (χ4v) is 11.0. The lowest BCUT2D eigenvalue weighted by molar-refractivity contribution is -0.138. The summed E-state index contributed by atoms with van der Waals surface area (Å²) in [5, 5.41) is 6.19. The first kappa shape index (κ1) is 50.7. The van der Waals surface area contributed by atoms with Gasteiger partial charge >= 0.3 is 15.0 Å². The number of imidazole rings is 2. The Morgan fingerprint density at radius 1 is 0.588 bits per heavy atom. The van der Waals surface area contributed by atoms with E-state index < -0.39 is 27.6 Å². The molecule has 368 valence electrons. The van der Waals surface area contributed by atoms with Gasteiger partial charge in [-0.2, -0.15) is 0 Å². The molecule has 0 aliphatic carbocycles.